The van der Waals surface area contributed by atoms with Crippen LogP contribution in [0.15, 0.2) is 28.7 Å². The minimum absolute atomic E-state index is 0.145. The van der Waals surface area contributed by atoms with E-state index in [9.17, 15) is 9.18 Å². The summed E-state index contributed by atoms with van der Waals surface area (Å²) in [5.74, 6) is 0.767. The summed E-state index contributed by atoms with van der Waals surface area (Å²) in [5.41, 5.74) is 1.90. The number of carbonyl (C=O) groups is 1. The summed E-state index contributed by atoms with van der Waals surface area (Å²) >= 11 is 4.69. The van der Waals surface area contributed by atoms with Crippen molar-refractivity contribution in [3.8, 4) is 11.5 Å². The molecular weight excluding hydrogens is 413 g/mol. The van der Waals surface area contributed by atoms with Crippen molar-refractivity contribution in [3.63, 3.8) is 0 Å². The lowest BCUT2D eigenvalue weighted by Crippen LogP contribution is -2.41. The van der Waals surface area contributed by atoms with E-state index in [0.717, 1.165) is 10.3 Å². The molecule has 5 rings (SSSR count). The summed E-state index contributed by atoms with van der Waals surface area (Å²) in [6, 6.07) is 6.05. The third-order valence-corrected chi connectivity index (χ3v) is 5.79. The van der Waals surface area contributed by atoms with Gasteiger partial charge in [0, 0.05) is 16.6 Å². The second kappa shape index (κ2) is 5.30. The minimum Gasteiger partial charge on any atom is -0.454 e. The highest BCUT2D eigenvalue weighted by Gasteiger charge is 2.31. The maximum atomic E-state index is 13.9. The molecule has 3 heterocycles. The second-order valence-corrected chi connectivity index (χ2v) is 7.39. The fourth-order valence-corrected chi connectivity index (χ4v) is 4.49. The molecule has 0 fully saturated rings. The Kier molecular flexibility index (Phi) is 3.16. The van der Waals surface area contributed by atoms with Crippen LogP contribution in [0.3, 0.4) is 0 Å². The van der Waals surface area contributed by atoms with Gasteiger partial charge in [0.05, 0.1) is 10.4 Å². The van der Waals surface area contributed by atoms with E-state index in [1.165, 1.54) is 28.4 Å². The van der Waals surface area contributed by atoms with Crippen LogP contribution in [0.1, 0.15) is 5.56 Å². The predicted molar refractivity (Wildman–Crippen MR) is 94.2 cm³/mol. The number of nitrogens with one attached hydrogen (secondary N) is 1. The Morgan fingerprint density at radius 1 is 1.32 bits per heavy atom. The average Bonchev–Trinajstić information content (AvgIpc) is 3.19. The van der Waals surface area contributed by atoms with Gasteiger partial charge in [-0.2, -0.15) is 0 Å². The molecule has 0 saturated heterocycles. The largest absolute Gasteiger partial charge is 0.454 e. The lowest BCUT2D eigenvalue weighted by molar-refractivity contribution is 0.174. The van der Waals surface area contributed by atoms with Gasteiger partial charge in [-0.1, -0.05) is 27.3 Å². The number of fused-ring (bicyclic) bond motifs is 4. The third kappa shape index (κ3) is 2.19. The van der Waals surface area contributed by atoms with Crippen molar-refractivity contribution in [3.05, 3.63) is 40.1 Å². The molecule has 3 aromatic rings. The zero-order valence-corrected chi connectivity index (χ0v) is 14.9. The zero-order valence-electron chi connectivity index (χ0n) is 12.5. The maximum absolute atomic E-state index is 13.9. The second-order valence-electron chi connectivity index (χ2n) is 5.52. The van der Waals surface area contributed by atoms with Gasteiger partial charge in [-0.3, -0.25) is 0 Å². The van der Waals surface area contributed by atoms with Crippen molar-refractivity contribution in [2.75, 3.05) is 11.7 Å². The normalized spacial score (nSPS) is 15.4. The number of amides is 2. The van der Waals surface area contributed by atoms with E-state index >= 15 is 0 Å². The first-order chi connectivity index (χ1) is 12.1. The number of anilines is 2. The standard InChI is InChI=1S/C16H9BrFN3O3S/c17-9-3-7(18)4-10-8(9)5-19-15(22)21(10)16-20-13-12(25-16)2-1-11-14(13)24-6-23-11/h1-4H,5-6H2,(H,19,22). The quantitative estimate of drug-likeness (QED) is 0.636. The molecule has 1 aromatic heterocycles. The van der Waals surface area contributed by atoms with Crippen molar-refractivity contribution in [1.29, 1.82) is 0 Å². The Balaban J connectivity index is 1.71. The van der Waals surface area contributed by atoms with Crippen LogP contribution in [-0.4, -0.2) is 17.8 Å². The highest BCUT2D eigenvalue weighted by Crippen LogP contribution is 2.45. The molecule has 1 N–H and O–H groups in total. The number of nitrogens with zero attached hydrogens (tertiary/aromatic N) is 2. The summed E-state index contributed by atoms with van der Waals surface area (Å²) in [7, 11) is 0. The molecule has 0 unspecified atom stereocenters. The molecule has 0 saturated carbocycles. The summed E-state index contributed by atoms with van der Waals surface area (Å²) in [6.07, 6.45) is 0. The number of urea groups is 1. The van der Waals surface area contributed by atoms with Crippen LogP contribution in [0.2, 0.25) is 0 Å². The smallest absolute Gasteiger partial charge is 0.328 e. The van der Waals surface area contributed by atoms with Crippen molar-refractivity contribution >= 4 is 54.3 Å². The molecule has 2 aliphatic heterocycles. The van der Waals surface area contributed by atoms with Gasteiger partial charge in [-0.15, -0.1) is 0 Å². The van der Waals surface area contributed by atoms with E-state index in [4.69, 9.17) is 9.47 Å². The molecule has 2 amide bonds. The number of hydrogen-bond donors (Lipinski definition) is 1. The average molecular weight is 422 g/mol. The van der Waals surface area contributed by atoms with Crippen LogP contribution in [0.5, 0.6) is 11.5 Å². The van der Waals surface area contributed by atoms with Gasteiger partial charge in [0.15, 0.2) is 16.6 Å². The van der Waals surface area contributed by atoms with Crippen molar-refractivity contribution in [1.82, 2.24) is 10.3 Å². The lowest BCUT2D eigenvalue weighted by atomic mass is 10.1. The van der Waals surface area contributed by atoms with Crippen LogP contribution in [-0.2, 0) is 6.54 Å². The number of aromatic nitrogens is 1. The summed E-state index contributed by atoms with van der Waals surface area (Å²) in [4.78, 5) is 18.4. The lowest BCUT2D eigenvalue weighted by Gasteiger charge is -2.28. The van der Waals surface area contributed by atoms with E-state index in [1.54, 1.807) is 0 Å². The van der Waals surface area contributed by atoms with Crippen LogP contribution in [0.25, 0.3) is 10.2 Å². The summed E-state index contributed by atoms with van der Waals surface area (Å²) in [6.45, 7) is 0.468. The molecule has 6 nitrogen and oxygen atoms in total. The van der Waals surface area contributed by atoms with Gasteiger partial charge in [-0.05, 0) is 24.3 Å². The van der Waals surface area contributed by atoms with Crippen LogP contribution < -0.4 is 19.7 Å². The van der Waals surface area contributed by atoms with Gasteiger partial charge >= 0.3 is 6.03 Å². The Labute approximate surface area is 153 Å². The maximum Gasteiger partial charge on any atom is 0.328 e. The van der Waals surface area contributed by atoms with Crippen molar-refractivity contribution < 1.29 is 18.7 Å². The highest BCUT2D eigenvalue weighted by atomic mass is 79.9. The molecule has 25 heavy (non-hydrogen) atoms. The zero-order chi connectivity index (χ0) is 17.1. The Morgan fingerprint density at radius 3 is 3.08 bits per heavy atom. The number of hydrogen-bond acceptors (Lipinski definition) is 5. The fourth-order valence-electron chi connectivity index (χ4n) is 2.95. The number of halogens is 2. The molecule has 2 aromatic carbocycles. The van der Waals surface area contributed by atoms with E-state index in [1.807, 2.05) is 12.1 Å². The fraction of sp³-hybridized carbons (Fsp3) is 0.125. The highest BCUT2D eigenvalue weighted by molar-refractivity contribution is 9.10. The molecule has 0 atom stereocenters. The minimum atomic E-state index is -0.427. The van der Waals surface area contributed by atoms with Gasteiger partial charge < -0.3 is 14.8 Å². The number of carbonyl (C=O) groups excluding carboxylic acids is 1. The van der Waals surface area contributed by atoms with Crippen LogP contribution >= 0.6 is 27.3 Å². The topological polar surface area (TPSA) is 63.7 Å². The molecule has 9 heteroatoms. The first kappa shape index (κ1) is 14.9. The number of benzene rings is 2. The SMILES string of the molecule is O=C1NCc2c(Br)cc(F)cc2N1c1nc2c3c(ccc2s1)OCO3. The molecule has 126 valence electrons. The van der Waals surface area contributed by atoms with Crippen molar-refractivity contribution in [2.45, 2.75) is 6.54 Å². The molecule has 0 aliphatic carbocycles. The number of rotatable bonds is 1. The van der Waals surface area contributed by atoms with Gasteiger partial charge in [-0.25, -0.2) is 19.1 Å². The van der Waals surface area contributed by atoms with Gasteiger partial charge in [0.1, 0.15) is 11.3 Å². The van der Waals surface area contributed by atoms with Gasteiger partial charge in [0.25, 0.3) is 0 Å². The first-order valence-electron chi connectivity index (χ1n) is 7.37. The molecule has 0 radical (unpaired) electrons. The molecule has 0 bridgehead atoms. The summed E-state index contributed by atoms with van der Waals surface area (Å²) < 4.78 is 26.2. The number of ether oxygens (including phenoxy) is 2. The van der Waals surface area contributed by atoms with E-state index in [-0.39, 0.29) is 12.8 Å². The molecule has 0 spiro atoms. The molecular formula is C16H9BrFN3O3S. The Bertz CT molecular complexity index is 1050. The van der Waals surface area contributed by atoms with E-state index < -0.39 is 5.82 Å². The van der Waals surface area contributed by atoms with E-state index in [0.29, 0.717) is 38.9 Å². The monoisotopic (exact) mass is 421 g/mol. The van der Waals surface area contributed by atoms with Crippen LogP contribution in [0, 0.1) is 5.82 Å². The Morgan fingerprint density at radius 2 is 2.20 bits per heavy atom. The van der Waals surface area contributed by atoms with Gasteiger partial charge in [0.2, 0.25) is 6.79 Å². The Hall–Kier alpha value is -2.39. The first-order valence-corrected chi connectivity index (χ1v) is 8.98. The summed E-state index contributed by atoms with van der Waals surface area (Å²) in [5, 5.41) is 3.23. The van der Waals surface area contributed by atoms with Crippen molar-refractivity contribution in [2.24, 2.45) is 0 Å². The van der Waals surface area contributed by atoms with Crippen LogP contribution in [0.4, 0.5) is 20.0 Å². The van der Waals surface area contributed by atoms with E-state index in [2.05, 4.69) is 26.2 Å². The molecule has 2 aliphatic rings. The number of thiazole rings is 1. The third-order valence-electron chi connectivity index (χ3n) is 4.07. The predicted octanol–water partition coefficient (Wildman–Crippen LogP) is 4.29.